The number of aliphatic hydroxyl groups excluding tert-OH is 3. The second-order valence-corrected chi connectivity index (χ2v) is 11.0. The van der Waals surface area contributed by atoms with Crippen LogP contribution < -0.4 is 0 Å². The lowest BCUT2D eigenvalue weighted by atomic mass is 9.90. The molecule has 2 rings (SSSR count). The van der Waals surface area contributed by atoms with Gasteiger partial charge in [-0.15, -0.1) is 6.58 Å². The van der Waals surface area contributed by atoms with Crippen molar-refractivity contribution >= 4 is 16.7 Å². The van der Waals surface area contributed by atoms with Crippen LogP contribution >= 0.6 is 0 Å². The molecule has 0 spiro atoms. The van der Waals surface area contributed by atoms with Crippen molar-refractivity contribution in [3.05, 3.63) is 149 Å². The van der Waals surface area contributed by atoms with Crippen LogP contribution in [0, 0.1) is 0 Å². The Bertz CT molecular complexity index is 1440. The predicted molar refractivity (Wildman–Crippen MR) is 183 cm³/mol. The molecule has 1 aliphatic rings. The van der Waals surface area contributed by atoms with Crippen LogP contribution in [0.5, 0.6) is 0 Å². The first-order valence-electron chi connectivity index (χ1n) is 14.6. The minimum absolute atomic E-state index is 0.280. The van der Waals surface area contributed by atoms with E-state index in [9.17, 15) is 15.3 Å². The lowest BCUT2D eigenvalue weighted by molar-refractivity contribution is 0.387. The maximum absolute atomic E-state index is 10.7. The molecule has 0 radical (unpaired) electrons. The van der Waals surface area contributed by atoms with Crippen LogP contribution in [0.3, 0.4) is 0 Å². The highest BCUT2D eigenvalue weighted by molar-refractivity contribution is 5.85. The Morgan fingerprint density at radius 2 is 1.50 bits per heavy atom. The fourth-order valence-corrected chi connectivity index (χ4v) is 4.85. The van der Waals surface area contributed by atoms with E-state index in [0.29, 0.717) is 50.0 Å². The standard InChI is InChI=1S/C39H48O3/c1-10-14-31(37(40)12-3)22-29(11-2)34-23-33(28(9)21-36(20-27(7)8)38(41)13-4)24-35(25-34)30-15-16-32(19-26(5)6)39(42)18-17-30/h10-11,15,17-18,21-25,40-42H,1-2,5,7,12-14,16,19-20H2,3-4,6,8-9H3/b28-21+,29-22+,37-31+,38-36+. The second kappa shape index (κ2) is 16.3. The molecule has 1 aromatic carbocycles. The van der Waals surface area contributed by atoms with Gasteiger partial charge in [-0.05, 0) is 127 Å². The third-order valence-corrected chi connectivity index (χ3v) is 7.13. The van der Waals surface area contributed by atoms with Gasteiger partial charge in [-0.25, -0.2) is 0 Å². The Morgan fingerprint density at radius 3 is 2.07 bits per heavy atom. The van der Waals surface area contributed by atoms with E-state index in [-0.39, 0.29) is 5.76 Å². The zero-order chi connectivity index (χ0) is 31.4. The largest absolute Gasteiger partial charge is 0.512 e. The number of benzene rings is 1. The highest BCUT2D eigenvalue weighted by Gasteiger charge is 2.13. The van der Waals surface area contributed by atoms with E-state index in [1.165, 1.54) is 0 Å². The van der Waals surface area contributed by atoms with Gasteiger partial charge in [0, 0.05) is 12.8 Å². The van der Waals surface area contributed by atoms with Gasteiger partial charge in [0.25, 0.3) is 0 Å². The molecule has 42 heavy (non-hydrogen) atoms. The van der Waals surface area contributed by atoms with E-state index in [4.69, 9.17) is 0 Å². The molecule has 0 unspecified atom stereocenters. The fourth-order valence-electron chi connectivity index (χ4n) is 4.85. The van der Waals surface area contributed by atoms with Crippen molar-refractivity contribution < 1.29 is 15.3 Å². The molecule has 0 aliphatic heterocycles. The van der Waals surface area contributed by atoms with Gasteiger partial charge in [0.2, 0.25) is 0 Å². The zero-order valence-electron chi connectivity index (χ0n) is 26.2. The molecule has 0 saturated heterocycles. The van der Waals surface area contributed by atoms with Gasteiger partial charge >= 0.3 is 0 Å². The summed E-state index contributed by atoms with van der Waals surface area (Å²) >= 11 is 0. The molecule has 0 saturated carbocycles. The molecule has 0 amide bonds. The van der Waals surface area contributed by atoms with Crippen LogP contribution in [-0.2, 0) is 0 Å². The summed E-state index contributed by atoms with van der Waals surface area (Å²) in [4.78, 5) is 0. The number of allylic oxidation sites excluding steroid dienone is 17. The number of rotatable bonds is 14. The van der Waals surface area contributed by atoms with E-state index < -0.39 is 0 Å². The molecule has 0 bridgehead atoms. The summed E-state index contributed by atoms with van der Waals surface area (Å²) in [6, 6.07) is 6.37. The molecule has 0 heterocycles. The van der Waals surface area contributed by atoms with Crippen LogP contribution in [0.15, 0.2) is 132 Å². The van der Waals surface area contributed by atoms with Crippen LogP contribution in [0.1, 0.15) is 89.8 Å². The minimum Gasteiger partial charge on any atom is -0.512 e. The van der Waals surface area contributed by atoms with Crippen molar-refractivity contribution in [2.45, 2.75) is 73.1 Å². The molecule has 0 atom stereocenters. The van der Waals surface area contributed by atoms with Crippen molar-refractivity contribution in [2.24, 2.45) is 0 Å². The topological polar surface area (TPSA) is 60.7 Å². The van der Waals surface area contributed by atoms with Gasteiger partial charge in [-0.1, -0.05) is 75.1 Å². The Balaban J connectivity index is 2.82. The molecule has 222 valence electrons. The van der Waals surface area contributed by atoms with Crippen molar-refractivity contribution in [1.29, 1.82) is 0 Å². The smallest absolute Gasteiger partial charge is 0.115 e. The molecule has 1 aliphatic carbocycles. The molecular formula is C39H48O3. The lowest BCUT2D eigenvalue weighted by Gasteiger charge is -2.14. The molecule has 3 heteroatoms. The average Bonchev–Trinajstić information content (AvgIpc) is 3.14. The zero-order valence-corrected chi connectivity index (χ0v) is 26.2. The van der Waals surface area contributed by atoms with E-state index in [1.807, 2.05) is 52.8 Å². The molecule has 0 fully saturated rings. The number of aliphatic hydroxyl groups is 3. The Hall–Kier alpha value is -4.24. The van der Waals surface area contributed by atoms with Gasteiger partial charge in [0.1, 0.15) is 5.76 Å². The van der Waals surface area contributed by atoms with Crippen LogP contribution in [0.25, 0.3) is 16.7 Å². The lowest BCUT2D eigenvalue weighted by Crippen LogP contribution is -1.95. The van der Waals surface area contributed by atoms with Crippen molar-refractivity contribution in [1.82, 2.24) is 0 Å². The maximum atomic E-state index is 10.7. The summed E-state index contributed by atoms with van der Waals surface area (Å²) in [6.07, 6.45) is 16.9. The van der Waals surface area contributed by atoms with Crippen LogP contribution in [0.4, 0.5) is 0 Å². The van der Waals surface area contributed by atoms with Crippen LogP contribution in [0.2, 0.25) is 0 Å². The second-order valence-electron chi connectivity index (χ2n) is 11.0. The van der Waals surface area contributed by atoms with Gasteiger partial charge in [0.15, 0.2) is 0 Å². The first-order chi connectivity index (χ1) is 19.9. The number of hydrogen-bond acceptors (Lipinski definition) is 3. The third-order valence-electron chi connectivity index (χ3n) is 7.13. The summed E-state index contributed by atoms with van der Waals surface area (Å²) in [5, 5.41) is 31.9. The Kier molecular flexibility index (Phi) is 13.2. The molecule has 3 N–H and O–H groups in total. The van der Waals surface area contributed by atoms with Gasteiger partial charge in [0.05, 0.1) is 11.5 Å². The van der Waals surface area contributed by atoms with E-state index >= 15 is 0 Å². The van der Waals surface area contributed by atoms with Gasteiger partial charge in [-0.3, -0.25) is 0 Å². The summed E-state index contributed by atoms with van der Waals surface area (Å²) in [5.41, 5.74) is 10.4. The van der Waals surface area contributed by atoms with E-state index in [0.717, 1.165) is 61.3 Å². The fraction of sp³-hybridized carbons (Fsp3) is 0.282. The van der Waals surface area contributed by atoms with E-state index in [1.54, 1.807) is 18.2 Å². The minimum atomic E-state index is 0.280. The Labute approximate surface area is 253 Å². The van der Waals surface area contributed by atoms with Crippen molar-refractivity contribution in [2.75, 3.05) is 0 Å². The molecule has 1 aromatic rings. The first-order valence-corrected chi connectivity index (χ1v) is 14.6. The van der Waals surface area contributed by atoms with Gasteiger partial charge < -0.3 is 15.3 Å². The van der Waals surface area contributed by atoms with Crippen molar-refractivity contribution in [3.63, 3.8) is 0 Å². The molecule has 0 aromatic heterocycles. The normalized spacial score (nSPS) is 15.4. The summed E-state index contributed by atoms with van der Waals surface area (Å²) < 4.78 is 0. The van der Waals surface area contributed by atoms with E-state index in [2.05, 4.69) is 50.6 Å². The first kappa shape index (κ1) is 34.0. The Morgan fingerprint density at radius 1 is 0.857 bits per heavy atom. The summed E-state index contributed by atoms with van der Waals surface area (Å²) in [5.74, 6) is 0.963. The molecular weight excluding hydrogens is 516 g/mol. The highest BCUT2D eigenvalue weighted by atomic mass is 16.3. The molecule has 3 nitrogen and oxygen atoms in total. The predicted octanol–water partition coefficient (Wildman–Crippen LogP) is 11.8. The monoisotopic (exact) mass is 564 g/mol. The average molecular weight is 565 g/mol. The quantitative estimate of drug-likeness (QED) is 0.120. The summed E-state index contributed by atoms with van der Waals surface area (Å²) in [7, 11) is 0. The summed E-state index contributed by atoms with van der Waals surface area (Å²) in [6.45, 7) is 25.8. The maximum Gasteiger partial charge on any atom is 0.115 e. The highest BCUT2D eigenvalue weighted by Crippen LogP contribution is 2.33. The van der Waals surface area contributed by atoms with Gasteiger partial charge in [-0.2, -0.15) is 0 Å². The number of hydrogen-bond donors (Lipinski definition) is 3. The van der Waals surface area contributed by atoms with Crippen molar-refractivity contribution in [3.8, 4) is 0 Å². The third kappa shape index (κ3) is 9.69. The SMILES string of the molecule is C=CCC(/C=C(\C=C)c1cc(C2=CCC(CC(=C)C)=C(O)C=C2)cc(/C(C)=C/C(CC(=C)C)=C(/O)CC)c1)=C(\O)CC. The van der Waals surface area contributed by atoms with Crippen LogP contribution in [-0.4, -0.2) is 15.3 Å².